The molecular formula is C23H30N2O. The molecule has 3 heteroatoms. The third-order valence-corrected chi connectivity index (χ3v) is 5.26. The first-order valence-electron chi connectivity index (χ1n) is 9.84. The average molecular weight is 351 g/mol. The van der Waals surface area contributed by atoms with Crippen LogP contribution >= 0.6 is 0 Å². The van der Waals surface area contributed by atoms with Crippen molar-refractivity contribution in [1.29, 1.82) is 0 Å². The van der Waals surface area contributed by atoms with E-state index in [4.69, 9.17) is 0 Å². The van der Waals surface area contributed by atoms with E-state index < -0.39 is 0 Å². The van der Waals surface area contributed by atoms with Crippen molar-refractivity contribution in [2.75, 3.05) is 13.1 Å². The molecule has 26 heavy (non-hydrogen) atoms. The summed E-state index contributed by atoms with van der Waals surface area (Å²) in [4.78, 5) is 15.1. The summed E-state index contributed by atoms with van der Waals surface area (Å²) in [7, 11) is 0. The summed E-state index contributed by atoms with van der Waals surface area (Å²) < 4.78 is 0. The molecule has 3 rings (SSSR count). The molecule has 0 bridgehead atoms. The van der Waals surface area contributed by atoms with Crippen molar-refractivity contribution >= 4 is 5.91 Å². The standard InChI is InChI=1S/C23H30N2O/c1-3-22(20-11-7-18(2)8-12-20)24-23(26)21-13-9-19(10-14-21)17-25-15-5-4-6-16-25/h7-14,22H,3-6,15-17H2,1-2H3,(H,24,26). The van der Waals surface area contributed by atoms with Crippen molar-refractivity contribution in [1.82, 2.24) is 10.2 Å². The van der Waals surface area contributed by atoms with Gasteiger partial charge in [0.15, 0.2) is 0 Å². The van der Waals surface area contributed by atoms with Gasteiger partial charge in [-0.05, 0) is 62.5 Å². The molecule has 1 fully saturated rings. The molecule has 1 atom stereocenters. The Labute approximate surface area is 157 Å². The molecule has 1 N–H and O–H groups in total. The molecule has 1 saturated heterocycles. The topological polar surface area (TPSA) is 32.3 Å². The first-order chi connectivity index (χ1) is 12.7. The van der Waals surface area contributed by atoms with Gasteiger partial charge in [-0.3, -0.25) is 9.69 Å². The summed E-state index contributed by atoms with van der Waals surface area (Å²) in [5.41, 5.74) is 4.42. The zero-order valence-corrected chi connectivity index (χ0v) is 16.0. The Morgan fingerprint density at radius 3 is 2.27 bits per heavy atom. The van der Waals surface area contributed by atoms with Gasteiger partial charge in [0.05, 0.1) is 6.04 Å². The number of benzene rings is 2. The highest BCUT2D eigenvalue weighted by atomic mass is 16.1. The van der Waals surface area contributed by atoms with E-state index in [9.17, 15) is 4.79 Å². The lowest BCUT2D eigenvalue weighted by atomic mass is 10.0. The van der Waals surface area contributed by atoms with Crippen LogP contribution in [0.4, 0.5) is 0 Å². The van der Waals surface area contributed by atoms with Gasteiger partial charge in [0.1, 0.15) is 0 Å². The number of carbonyl (C=O) groups excluding carboxylic acids is 1. The number of aryl methyl sites for hydroxylation is 1. The summed E-state index contributed by atoms with van der Waals surface area (Å²) in [6.45, 7) is 7.55. The molecular weight excluding hydrogens is 320 g/mol. The van der Waals surface area contributed by atoms with Gasteiger partial charge in [-0.2, -0.15) is 0 Å². The van der Waals surface area contributed by atoms with Crippen LogP contribution in [-0.4, -0.2) is 23.9 Å². The Bertz CT molecular complexity index is 700. The monoisotopic (exact) mass is 350 g/mol. The van der Waals surface area contributed by atoms with E-state index in [1.165, 1.54) is 43.5 Å². The van der Waals surface area contributed by atoms with E-state index in [2.05, 4.69) is 60.5 Å². The molecule has 0 radical (unpaired) electrons. The highest BCUT2D eigenvalue weighted by molar-refractivity contribution is 5.94. The van der Waals surface area contributed by atoms with Crippen molar-refractivity contribution in [2.24, 2.45) is 0 Å². The lowest BCUT2D eigenvalue weighted by molar-refractivity contribution is 0.0935. The highest BCUT2D eigenvalue weighted by Crippen LogP contribution is 2.18. The maximum atomic E-state index is 12.6. The van der Waals surface area contributed by atoms with Gasteiger partial charge in [0.25, 0.3) is 5.91 Å². The minimum absolute atomic E-state index is 0.00180. The predicted octanol–water partition coefficient (Wildman–Crippen LogP) is 4.86. The zero-order chi connectivity index (χ0) is 18.4. The number of likely N-dealkylation sites (tertiary alicyclic amines) is 1. The number of hydrogen-bond donors (Lipinski definition) is 1. The third kappa shape index (κ3) is 4.95. The van der Waals surface area contributed by atoms with E-state index in [0.717, 1.165) is 24.1 Å². The summed E-state index contributed by atoms with van der Waals surface area (Å²) in [5, 5.41) is 3.17. The van der Waals surface area contributed by atoms with Crippen molar-refractivity contribution in [3.63, 3.8) is 0 Å². The van der Waals surface area contributed by atoms with Crippen molar-refractivity contribution in [2.45, 2.75) is 52.1 Å². The van der Waals surface area contributed by atoms with Crippen LogP contribution in [0, 0.1) is 6.92 Å². The van der Waals surface area contributed by atoms with Gasteiger partial charge in [-0.25, -0.2) is 0 Å². The minimum atomic E-state index is 0.00180. The number of piperidine rings is 1. The fourth-order valence-corrected chi connectivity index (χ4v) is 3.60. The first kappa shape index (κ1) is 18.7. The van der Waals surface area contributed by atoms with Crippen molar-refractivity contribution < 1.29 is 4.79 Å². The van der Waals surface area contributed by atoms with Crippen LogP contribution in [0.15, 0.2) is 48.5 Å². The third-order valence-electron chi connectivity index (χ3n) is 5.26. The Morgan fingerprint density at radius 1 is 1.00 bits per heavy atom. The van der Waals surface area contributed by atoms with E-state index in [1.807, 2.05) is 12.1 Å². The molecule has 1 heterocycles. The molecule has 0 aromatic heterocycles. The quantitative estimate of drug-likeness (QED) is 0.807. The SMILES string of the molecule is CCC(NC(=O)c1ccc(CN2CCCCC2)cc1)c1ccc(C)cc1. The van der Waals surface area contributed by atoms with Gasteiger partial charge in [0, 0.05) is 12.1 Å². The molecule has 1 amide bonds. The molecule has 2 aromatic rings. The second-order valence-electron chi connectivity index (χ2n) is 7.38. The molecule has 2 aromatic carbocycles. The summed E-state index contributed by atoms with van der Waals surface area (Å²) in [6.07, 6.45) is 4.84. The lowest BCUT2D eigenvalue weighted by Crippen LogP contribution is -2.29. The number of hydrogen-bond acceptors (Lipinski definition) is 2. The normalized spacial score (nSPS) is 16.2. The summed E-state index contributed by atoms with van der Waals surface area (Å²) >= 11 is 0. The Morgan fingerprint density at radius 2 is 1.65 bits per heavy atom. The largest absolute Gasteiger partial charge is 0.345 e. The van der Waals surface area contributed by atoms with E-state index in [1.54, 1.807) is 0 Å². The molecule has 138 valence electrons. The van der Waals surface area contributed by atoms with Crippen LogP contribution in [-0.2, 0) is 6.54 Å². The summed E-state index contributed by atoms with van der Waals surface area (Å²) in [6, 6.07) is 16.5. The molecule has 1 aliphatic heterocycles. The number of carbonyl (C=O) groups is 1. The van der Waals surface area contributed by atoms with Crippen LogP contribution in [0.5, 0.6) is 0 Å². The fourth-order valence-electron chi connectivity index (χ4n) is 3.60. The second-order valence-corrected chi connectivity index (χ2v) is 7.38. The van der Waals surface area contributed by atoms with Gasteiger partial charge in [0.2, 0.25) is 0 Å². The van der Waals surface area contributed by atoms with Gasteiger partial charge in [-0.1, -0.05) is 55.3 Å². The van der Waals surface area contributed by atoms with Crippen LogP contribution in [0.2, 0.25) is 0 Å². The highest BCUT2D eigenvalue weighted by Gasteiger charge is 2.15. The maximum Gasteiger partial charge on any atom is 0.251 e. The van der Waals surface area contributed by atoms with Crippen LogP contribution in [0.1, 0.15) is 65.7 Å². The predicted molar refractivity (Wildman–Crippen MR) is 107 cm³/mol. The van der Waals surface area contributed by atoms with Crippen LogP contribution in [0.3, 0.4) is 0 Å². The number of amides is 1. The number of nitrogens with one attached hydrogen (secondary N) is 1. The van der Waals surface area contributed by atoms with E-state index >= 15 is 0 Å². The smallest absolute Gasteiger partial charge is 0.251 e. The number of nitrogens with zero attached hydrogens (tertiary/aromatic N) is 1. The Balaban J connectivity index is 1.60. The van der Waals surface area contributed by atoms with Crippen molar-refractivity contribution in [3.05, 3.63) is 70.8 Å². The average Bonchev–Trinajstić information content (AvgIpc) is 2.68. The fraction of sp³-hybridized carbons (Fsp3) is 0.435. The second kappa shape index (κ2) is 9.00. The van der Waals surface area contributed by atoms with E-state index in [0.29, 0.717) is 0 Å². The van der Waals surface area contributed by atoms with E-state index in [-0.39, 0.29) is 11.9 Å². The summed E-state index contributed by atoms with van der Waals surface area (Å²) in [5.74, 6) is 0.00180. The maximum absolute atomic E-state index is 12.6. The van der Waals surface area contributed by atoms with Crippen LogP contribution < -0.4 is 5.32 Å². The Hall–Kier alpha value is -2.13. The minimum Gasteiger partial charge on any atom is -0.345 e. The number of rotatable bonds is 6. The Kier molecular flexibility index (Phi) is 6.45. The van der Waals surface area contributed by atoms with Gasteiger partial charge >= 0.3 is 0 Å². The molecule has 0 saturated carbocycles. The molecule has 1 unspecified atom stereocenters. The van der Waals surface area contributed by atoms with Gasteiger partial charge in [-0.15, -0.1) is 0 Å². The lowest BCUT2D eigenvalue weighted by Gasteiger charge is -2.26. The van der Waals surface area contributed by atoms with Gasteiger partial charge < -0.3 is 5.32 Å². The molecule has 1 aliphatic rings. The zero-order valence-electron chi connectivity index (χ0n) is 16.0. The molecule has 0 aliphatic carbocycles. The van der Waals surface area contributed by atoms with Crippen LogP contribution in [0.25, 0.3) is 0 Å². The molecule has 3 nitrogen and oxygen atoms in total. The first-order valence-corrected chi connectivity index (χ1v) is 9.84. The van der Waals surface area contributed by atoms with Crippen molar-refractivity contribution in [3.8, 4) is 0 Å². The molecule has 0 spiro atoms.